The van der Waals surface area contributed by atoms with Crippen molar-refractivity contribution in [3.05, 3.63) is 161 Å². The van der Waals surface area contributed by atoms with Gasteiger partial charge in [0.25, 0.3) is 17.7 Å². The molecule has 0 aromatic heterocycles. The highest BCUT2D eigenvalue weighted by molar-refractivity contribution is 6.25. The Kier molecular flexibility index (Phi) is 7.23. The summed E-state index contributed by atoms with van der Waals surface area (Å²) in [5.41, 5.74) is 3.25. The molecule has 6 heteroatoms. The first-order chi connectivity index (χ1) is 22.0. The number of carbonyl (C=O) groups is 4. The first kappa shape index (κ1) is 27.9. The van der Waals surface area contributed by atoms with E-state index < -0.39 is 0 Å². The van der Waals surface area contributed by atoms with Gasteiger partial charge in [0.2, 0.25) is 0 Å². The standard InChI is InChI=1S/C39H28N2O4/c42-36(28-11-2-1-3-12-28)29-20-22-30(23-21-29)37(43)40(34-19-8-13-26-10-4-5-16-31(26)34)24-9-25-41-38(44)32-17-6-14-27-15-7-18-33(35(27)32)39(41)45/h1-8,10-23H,9,24-25H2. The number of hydrogen-bond acceptors (Lipinski definition) is 4. The van der Waals surface area contributed by atoms with Gasteiger partial charge in [-0.05, 0) is 47.5 Å². The van der Waals surface area contributed by atoms with Gasteiger partial charge < -0.3 is 4.90 Å². The number of imide groups is 1. The van der Waals surface area contributed by atoms with Crippen LogP contribution in [0.4, 0.5) is 5.69 Å². The van der Waals surface area contributed by atoms with Crippen molar-refractivity contribution in [2.45, 2.75) is 6.42 Å². The number of benzene rings is 6. The Morgan fingerprint density at radius 3 is 1.82 bits per heavy atom. The Labute approximate surface area is 260 Å². The molecule has 7 rings (SSSR count). The molecule has 0 atom stereocenters. The van der Waals surface area contributed by atoms with Gasteiger partial charge in [0.1, 0.15) is 0 Å². The fourth-order valence-corrected chi connectivity index (χ4v) is 6.12. The monoisotopic (exact) mass is 588 g/mol. The molecular weight excluding hydrogens is 560 g/mol. The second-order valence-corrected chi connectivity index (χ2v) is 11.1. The van der Waals surface area contributed by atoms with Crippen molar-refractivity contribution in [2.24, 2.45) is 0 Å². The van der Waals surface area contributed by atoms with Gasteiger partial charge in [0.05, 0.1) is 5.69 Å². The fourth-order valence-electron chi connectivity index (χ4n) is 6.12. The average molecular weight is 589 g/mol. The fraction of sp³-hybridized carbons (Fsp3) is 0.0769. The van der Waals surface area contributed by atoms with Crippen LogP contribution < -0.4 is 4.90 Å². The molecule has 0 N–H and O–H groups in total. The van der Waals surface area contributed by atoms with E-state index in [0.717, 1.165) is 21.8 Å². The van der Waals surface area contributed by atoms with E-state index in [4.69, 9.17) is 0 Å². The van der Waals surface area contributed by atoms with Gasteiger partial charge in [-0.3, -0.25) is 24.1 Å². The van der Waals surface area contributed by atoms with Gasteiger partial charge in [-0.25, -0.2) is 0 Å². The van der Waals surface area contributed by atoms with E-state index in [1.54, 1.807) is 53.4 Å². The number of amides is 3. The highest BCUT2D eigenvalue weighted by atomic mass is 16.2. The molecule has 0 saturated carbocycles. The zero-order chi connectivity index (χ0) is 30.9. The van der Waals surface area contributed by atoms with Crippen LogP contribution in [0.3, 0.4) is 0 Å². The molecule has 1 aliphatic heterocycles. The summed E-state index contributed by atoms with van der Waals surface area (Å²) in [6, 6.07) is 40.3. The van der Waals surface area contributed by atoms with Gasteiger partial charge in [0.15, 0.2) is 5.78 Å². The van der Waals surface area contributed by atoms with Crippen molar-refractivity contribution in [2.75, 3.05) is 18.0 Å². The molecule has 0 saturated heterocycles. The van der Waals surface area contributed by atoms with Gasteiger partial charge in [0, 0.05) is 51.7 Å². The van der Waals surface area contributed by atoms with Gasteiger partial charge in [-0.15, -0.1) is 0 Å². The third-order valence-electron chi connectivity index (χ3n) is 8.35. The molecule has 0 aliphatic carbocycles. The van der Waals surface area contributed by atoms with Gasteiger partial charge in [-0.2, -0.15) is 0 Å². The lowest BCUT2D eigenvalue weighted by molar-refractivity contribution is 0.0609. The first-order valence-electron chi connectivity index (χ1n) is 14.9. The van der Waals surface area contributed by atoms with Crippen LogP contribution in [-0.4, -0.2) is 41.5 Å². The van der Waals surface area contributed by atoms with E-state index >= 15 is 0 Å². The number of rotatable bonds is 8. The van der Waals surface area contributed by atoms with E-state index in [1.165, 1.54) is 4.90 Å². The second-order valence-electron chi connectivity index (χ2n) is 11.1. The van der Waals surface area contributed by atoms with E-state index in [2.05, 4.69) is 0 Å². The topological polar surface area (TPSA) is 74.8 Å². The minimum Gasteiger partial charge on any atom is -0.308 e. The smallest absolute Gasteiger partial charge is 0.261 e. The molecular formula is C39H28N2O4. The largest absolute Gasteiger partial charge is 0.308 e. The zero-order valence-corrected chi connectivity index (χ0v) is 24.4. The SMILES string of the molecule is O=C(c1ccccc1)c1ccc(C(=O)N(CCCN2C(=O)c3cccc4cccc(c34)C2=O)c2cccc3ccccc23)cc1. The highest BCUT2D eigenvalue weighted by Gasteiger charge is 2.32. The van der Waals surface area contributed by atoms with E-state index in [-0.39, 0.29) is 36.6 Å². The minimum absolute atomic E-state index is 0.117. The summed E-state index contributed by atoms with van der Waals surface area (Å²) in [4.78, 5) is 57.0. The van der Waals surface area contributed by atoms with Crippen molar-refractivity contribution in [1.82, 2.24) is 4.90 Å². The molecule has 1 heterocycles. The lowest BCUT2D eigenvalue weighted by Gasteiger charge is -2.29. The maximum atomic E-state index is 14.1. The molecule has 0 fully saturated rings. The van der Waals surface area contributed by atoms with Crippen LogP contribution in [0.2, 0.25) is 0 Å². The van der Waals surface area contributed by atoms with Gasteiger partial charge in [-0.1, -0.05) is 103 Å². The van der Waals surface area contributed by atoms with Crippen LogP contribution in [-0.2, 0) is 0 Å². The third kappa shape index (κ3) is 5.06. The summed E-state index contributed by atoms with van der Waals surface area (Å²) >= 11 is 0. The lowest BCUT2D eigenvalue weighted by atomic mass is 9.94. The number of anilines is 1. The summed E-state index contributed by atoms with van der Waals surface area (Å²) in [6.07, 6.45) is 0.370. The lowest BCUT2D eigenvalue weighted by Crippen LogP contribution is -2.42. The second kappa shape index (κ2) is 11.7. The summed E-state index contributed by atoms with van der Waals surface area (Å²) in [5.74, 6) is -1.01. The van der Waals surface area contributed by atoms with Crippen molar-refractivity contribution in [3.63, 3.8) is 0 Å². The van der Waals surface area contributed by atoms with Crippen LogP contribution >= 0.6 is 0 Å². The number of carbonyl (C=O) groups excluding carboxylic acids is 4. The molecule has 6 nitrogen and oxygen atoms in total. The molecule has 45 heavy (non-hydrogen) atoms. The highest BCUT2D eigenvalue weighted by Crippen LogP contribution is 2.31. The Balaban J connectivity index is 1.17. The van der Waals surface area contributed by atoms with E-state index in [1.807, 2.05) is 84.9 Å². The normalized spacial score (nSPS) is 12.5. The average Bonchev–Trinajstić information content (AvgIpc) is 3.10. The van der Waals surface area contributed by atoms with Crippen molar-refractivity contribution in [1.29, 1.82) is 0 Å². The number of ketones is 1. The van der Waals surface area contributed by atoms with Gasteiger partial charge >= 0.3 is 0 Å². The van der Waals surface area contributed by atoms with Crippen LogP contribution in [0.5, 0.6) is 0 Å². The predicted molar refractivity (Wildman–Crippen MR) is 176 cm³/mol. The summed E-state index contributed by atoms with van der Waals surface area (Å²) in [5, 5.41) is 3.45. The molecule has 3 amide bonds. The van der Waals surface area contributed by atoms with E-state index in [9.17, 15) is 19.2 Å². The Morgan fingerprint density at radius 1 is 0.556 bits per heavy atom. The number of hydrogen-bond donors (Lipinski definition) is 0. The number of fused-ring (bicyclic) bond motifs is 1. The third-order valence-corrected chi connectivity index (χ3v) is 8.35. The zero-order valence-electron chi connectivity index (χ0n) is 24.4. The molecule has 0 radical (unpaired) electrons. The molecule has 218 valence electrons. The van der Waals surface area contributed by atoms with Crippen LogP contribution in [0.15, 0.2) is 133 Å². The van der Waals surface area contributed by atoms with Crippen molar-refractivity contribution >= 4 is 50.7 Å². The van der Waals surface area contributed by atoms with E-state index in [0.29, 0.717) is 39.6 Å². The summed E-state index contributed by atoms with van der Waals surface area (Å²) in [6.45, 7) is 0.419. The molecule has 6 aromatic rings. The van der Waals surface area contributed by atoms with Crippen LogP contribution in [0.1, 0.15) is 53.4 Å². The molecule has 0 bridgehead atoms. The Morgan fingerprint density at radius 2 is 1.11 bits per heavy atom. The Hall–Kier alpha value is -5.88. The number of nitrogens with zero attached hydrogens (tertiary/aromatic N) is 2. The quantitative estimate of drug-likeness (QED) is 0.136. The summed E-state index contributed by atoms with van der Waals surface area (Å²) in [7, 11) is 0. The predicted octanol–water partition coefficient (Wildman–Crippen LogP) is 7.56. The van der Waals surface area contributed by atoms with Crippen molar-refractivity contribution in [3.8, 4) is 0 Å². The maximum absolute atomic E-state index is 14.1. The first-order valence-corrected chi connectivity index (χ1v) is 14.9. The van der Waals surface area contributed by atoms with Crippen LogP contribution in [0, 0.1) is 0 Å². The Bertz CT molecular complexity index is 2060. The van der Waals surface area contributed by atoms with Crippen LogP contribution in [0.25, 0.3) is 21.5 Å². The minimum atomic E-state index is -0.328. The molecule has 6 aromatic carbocycles. The summed E-state index contributed by atoms with van der Waals surface area (Å²) < 4.78 is 0. The molecule has 1 aliphatic rings. The molecule has 0 spiro atoms. The van der Waals surface area contributed by atoms with Crippen molar-refractivity contribution < 1.29 is 19.2 Å². The molecule has 0 unspecified atom stereocenters. The maximum Gasteiger partial charge on any atom is 0.261 e.